The lowest BCUT2D eigenvalue weighted by Gasteiger charge is -2.09. The first-order chi connectivity index (χ1) is 7.02. The Hall–Kier alpha value is -1.03. The summed E-state index contributed by atoms with van der Waals surface area (Å²) in [5.74, 6) is 0.526. The lowest BCUT2D eigenvalue weighted by molar-refractivity contribution is -0.511. The highest BCUT2D eigenvalue weighted by molar-refractivity contribution is 7.99. The highest BCUT2D eigenvalue weighted by atomic mass is 32.2. The summed E-state index contributed by atoms with van der Waals surface area (Å²) < 4.78 is 0. The van der Waals surface area contributed by atoms with Gasteiger partial charge in [0.15, 0.2) is 0 Å². The van der Waals surface area contributed by atoms with Crippen molar-refractivity contribution in [2.45, 2.75) is 31.7 Å². The van der Waals surface area contributed by atoms with Crippen LogP contribution in [0.15, 0.2) is 23.1 Å². The van der Waals surface area contributed by atoms with Gasteiger partial charge in [0.25, 0.3) is 0 Å². The molecule has 1 aromatic rings. The third-order valence-corrected chi connectivity index (χ3v) is 3.82. The summed E-state index contributed by atoms with van der Waals surface area (Å²) in [6.07, 6.45) is 0. The zero-order valence-corrected chi connectivity index (χ0v) is 10.0. The van der Waals surface area contributed by atoms with E-state index in [0.717, 1.165) is 0 Å². The number of benzene rings is 1. The van der Waals surface area contributed by atoms with Crippen molar-refractivity contribution in [1.82, 2.24) is 0 Å². The third kappa shape index (κ3) is 3.23. The molecule has 82 valence electrons. The molecule has 0 aromatic heterocycles. The Kier molecular flexibility index (Phi) is 4.15. The number of nitro groups is 1. The molecule has 0 saturated heterocycles. The minimum atomic E-state index is -0.492. The second kappa shape index (κ2) is 5.16. The van der Waals surface area contributed by atoms with Gasteiger partial charge in [-0.2, -0.15) is 0 Å². The van der Waals surface area contributed by atoms with Gasteiger partial charge in [-0.05, 0) is 25.0 Å². The third-order valence-electron chi connectivity index (χ3n) is 2.24. The van der Waals surface area contributed by atoms with Gasteiger partial charge in [-0.15, -0.1) is 11.8 Å². The quantitative estimate of drug-likeness (QED) is 0.449. The van der Waals surface area contributed by atoms with E-state index in [1.54, 1.807) is 18.7 Å². The van der Waals surface area contributed by atoms with Crippen LogP contribution in [0.5, 0.6) is 0 Å². The van der Waals surface area contributed by atoms with Gasteiger partial charge in [0.1, 0.15) is 0 Å². The van der Waals surface area contributed by atoms with Crippen LogP contribution in [0.25, 0.3) is 0 Å². The molecule has 1 atom stereocenters. The largest absolute Gasteiger partial charge is 0.264 e. The van der Waals surface area contributed by atoms with Crippen molar-refractivity contribution >= 4 is 11.8 Å². The average Bonchev–Trinajstić information content (AvgIpc) is 2.16. The maximum atomic E-state index is 10.5. The molecule has 3 nitrogen and oxygen atoms in total. The van der Waals surface area contributed by atoms with E-state index in [0.29, 0.717) is 5.75 Å². The van der Waals surface area contributed by atoms with Crippen molar-refractivity contribution in [2.24, 2.45) is 0 Å². The molecule has 1 rings (SSSR count). The first-order valence-corrected chi connectivity index (χ1v) is 5.83. The van der Waals surface area contributed by atoms with Gasteiger partial charge in [-0.25, -0.2) is 0 Å². The van der Waals surface area contributed by atoms with Gasteiger partial charge in [-0.3, -0.25) is 10.1 Å². The van der Waals surface area contributed by atoms with Crippen molar-refractivity contribution < 1.29 is 4.92 Å². The van der Waals surface area contributed by atoms with Crippen molar-refractivity contribution in [3.8, 4) is 0 Å². The monoisotopic (exact) mass is 225 g/mol. The van der Waals surface area contributed by atoms with Gasteiger partial charge in [0, 0.05) is 16.7 Å². The van der Waals surface area contributed by atoms with Gasteiger partial charge >= 0.3 is 0 Å². The first-order valence-electron chi connectivity index (χ1n) is 4.85. The van der Waals surface area contributed by atoms with Gasteiger partial charge < -0.3 is 0 Å². The van der Waals surface area contributed by atoms with Crippen LogP contribution in [0.4, 0.5) is 0 Å². The van der Waals surface area contributed by atoms with E-state index in [1.807, 2.05) is 32.0 Å². The minimum Gasteiger partial charge on any atom is -0.264 e. The average molecular weight is 225 g/mol. The zero-order valence-electron chi connectivity index (χ0n) is 9.19. The maximum absolute atomic E-state index is 10.5. The Bertz CT molecular complexity index is 345. The Labute approximate surface area is 94.0 Å². The smallest absolute Gasteiger partial charge is 0.219 e. The number of thioether (sulfide) groups is 1. The fraction of sp³-hybridized carbons (Fsp3) is 0.455. The van der Waals surface area contributed by atoms with Crippen LogP contribution in [0.2, 0.25) is 0 Å². The molecule has 0 aliphatic carbocycles. The predicted molar refractivity (Wildman–Crippen MR) is 63.1 cm³/mol. The van der Waals surface area contributed by atoms with E-state index < -0.39 is 6.04 Å². The van der Waals surface area contributed by atoms with E-state index in [9.17, 15) is 10.1 Å². The highest BCUT2D eigenvalue weighted by Gasteiger charge is 2.14. The zero-order chi connectivity index (χ0) is 11.4. The number of rotatable bonds is 4. The minimum absolute atomic E-state index is 0.236. The van der Waals surface area contributed by atoms with E-state index in [-0.39, 0.29) is 4.92 Å². The summed E-state index contributed by atoms with van der Waals surface area (Å²) in [7, 11) is 0. The molecule has 0 heterocycles. The summed E-state index contributed by atoms with van der Waals surface area (Å²) >= 11 is 1.57. The topological polar surface area (TPSA) is 43.1 Å². The summed E-state index contributed by atoms with van der Waals surface area (Å²) in [5.41, 5.74) is 2.38. The van der Waals surface area contributed by atoms with E-state index in [1.165, 1.54) is 16.0 Å². The lowest BCUT2D eigenvalue weighted by Crippen LogP contribution is -2.17. The first kappa shape index (κ1) is 12.0. The molecule has 0 aliphatic heterocycles. The molecule has 1 unspecified atom stereocenters. The molecule has 4 heteroatoms. The van der Waals surface area contributed by atoms with Crippen molar-refractivity contribution in [1.29, 1.82) is 0 Å². The molecule has 15 heavy (non-hydrogen) atoms. The normalized spacial score (nSPS) is 12.5. The molecule has 0 saturated carbocycles. The van der Waals surface area contributed by atoms with Crippen LogP contribution in [0, 0.1) is 24.0 Å². The highest BCUT2D eigenvalue weighted by Crippen LogP contribution is 2.26. The molecular weight excluding hydrogens is 210 g/mol. The number of hydrogen-bond acceptors (Lipinski definition) is 3. The molecule has 0 fully saturated rings. The van der Waals surface area contributed by atoms with Crippen LogP contribution >= 0.6 is 11.8 Å². The van der Waals surface area contributed by atoms with Crippen molar-refractivity contribution in [2.75, 3.05) is 5.75 Å². The van der Waals surface area contributed by atoms with E-state index in [2.05, 4.69) is 0 Å². The summed E-state index contributed by atoms with van der Waals surface area (Å²) in [6, 6.07) is 5.58. The Balaban J connectivity index is 2.69. The van der Waals surface area contributed by atoms with Crippen LogP contribution in [0.1, 0.15) is 18.1 Å². The van der Waals surface area contributed by atoms with Gasteiger partial charge in [-0.1, -0.05) is 18.2 Å². The van der Waals surface area contributed by atoms with Crippen molar-refractivity contribution in [3.63, 3.8) is 0 Å². The Morgan fingerprint density at radius 3 is 2.40 bits per heavy atom. The molecule has 0 bridgehead atoms. The summed E-state index contributed by atoms with van der Waals surface area (Å²) in [4.78, 5) is 11.4. The number of nitrogens with zero attached hydrogens (tertiary/aromatic N) is 1. The molecule has 0 amide bonds. The van der Waals surface area contributed by atoms with Gasteiger partial charge in [0.05, 0.1) is 5.75 Å². The second-order valence-corrected chi connectivity index (χ2v) is 4.70. The van der Waals surface area contributed by atoms with Crippen LogP contribution < -0.4 is 0 Å². The van der Waals surface area contributed by atoms with E-state index >= 15 is 0 Å². The molecule has 0 spiro atoms. The van der Waals surface area contributed by atoms with Gasteiger partial charge in [0.2, 0.25) is 6.04 Å². The molecule has 0 aliphatic rings. The summed E-state index contributed by atoms with van der Waals surface area (Å²) in [5, 5.41) is 10.5. The number of hydrogen-bond donors (Lipinski definition) is 0. The Morgan fingerprint density at radius 1 is 1.40 bits per heavy atom. The lowest BCUT2D eigenvalue weighted by atomic mass is 10.2. The molecule has 0 N–H and O–H groups in total. The number of aryl methyl sites for hydroxylation is 2. The standard InChI is InChI=1S/C11H15NO2S/c1-8-5-4-6-9(2)11(8)15-7-10(3)12(13)14/h4-6,10H,7H2,1-3H3. The summed E-state index contributed by atoms with van der Waals surface area (Å²) in [6.45, 7) is 5.71. The molecule has 1 aromatic carbocycles. The van der Waals surface area contributed by atoms with Crippen LogP contribution in [-0.2, 0) is 0 Å². The maximum Gasteiger partial charge on any atom is 0.219 e. The predicted octanol–water partition coefficient (Wildman–Crippen LogP) is 3.06. The molecular formula is C11H15NO2S. The van der Waals surface area contributed by atoms with Crippen molar-refractivity contribution in [3.05, 3.63) is 39.4 Å². The Morgan fingerprint density at radius 2 is 1.93 bits per heavy atom. The fourth-order valence-electron chi connectivity index (χ4n) is 1.29. The van der Waals surface area contributed by atoms with Crippen LogP contribution in [-0.4, -0.2) is 16.7 Å². The second-order valence-electron chi connectivity index (χ2n) is 3.67. The SMILES string of the molecule is Cc1cccc(C)c1SCC(C)[N+](=O)[O-]. The fourth-order valence-corrected chi connectivity index (χ4v) is 2.41. The van der Waals surface area contributed by atoms with Crippen LogP contribution in [0.3, 0.4) is 0 Å². The van der Waals surface area contributed by atoms with E-state index in [4.69, 9.17) is 0 Å². The molecule has 0 radical (unpaired) electrons.